The maximum atomic E-state index is 12.1. The minimum atomic E-state index is -0.508. The molecule has 0 aliphatic carbocycles. The van der Waals surface area contributed by atoms with Gasteiger partial charge in [-0.3, -0.25) is 0 Å². The Morgan fingerprint density at radius 2 is 1.62 bits per heavy atom. The zero-order chi connectivity index (χ0) is 15.2. The second kappa shape index (κ2) is 6.70. The molecular formula is C17H16O4. The van der Waals surface area contributed by atoms with Gasteiger partial charge in [0.15, 0.2) is 0 Å². The summed E-state index contributed by atoms with van der Waals surface area (Å²) in [6.45, 7) is 3.93. The molecule has 0 fully saturated rings. The Labute approximate surface area is 123 Å². The van der Waals surface area contributed by atoms with Gasteiger partial charge in [0.2, 0.25) is 0 Å². The van der Waals surface area contributed by atoms with Crippen LogP contribution in [-0.4, -0.2) is 18.5 Å². The zero-order valence-corrected chi connectivity index (χ0v) is 12.0. The summed E-state index contributed by atoms with van der Waals surface area (Å²) >= 11 is 0. The lowest BCUT2D eigenvalue weighted by molar-refractivity contribution is 0.0526. The topological polar surface area (TPSA) is 52.6 Å². The SMILES string of the molecule is CCOC(=O)c1cccc(C(=O)Oc2cccc(C)c2)c1. The molecule has 0 bridgehead atoms. The highest BCUT2D eigenvalue weighted by Gasteiger charge is 2.13. The lowest BCUT2D eigenvalue weighted by Gasteiger charge is -2.06. The van der Waals surface area contributed by atoms with Crippen LogP contribution in [0.1, 0.15) is 33.2 Å². The first-order chi connectivity index (χ1) is 10.1. The van der Waals surface area contributed by atoms with Crippen LogP contribution in [0.5, 0.6) is 5.75 Å². The second-order valence-corrected chi connectivity index (χ2v) is 4.51. The van der Waals surface area contributed by atoms with Gasteiger partial charge in [0.1, 0.15) is 5.75 Å². The molecular weight excluding hydrogens is 268 g/mol. The van der Waals surface area contributed by atoms with Crippen LogP contribution in [0.4, 0.5) is 0 Å². The van der Waals surface area contributed by atoms with Gasteiger partial charge in [-0.05, 0) is 49.7 Å². The Morgan fingerprint density at radius 1 is 0.952 bits per heavy atom. The number of benzene rings is 2. The predicted molar refractivity (Wildman–Crippen MR) is 78.5 cm³/mol. The smallest absolute Gasteiger partial charge is 0.343 e. The van der Waals surface area contributed by atoms with Gasteiger partial charge >= 0.3 is 11.9 Å². The summed E-state index contributed by atoms with van der Waals surface area (Å²) in [5.41, 5.74) is 1.64. The molecule has 0 unspecified atom stereocenters. The standard InChI is InChI=1S/C17H16O4/c1-3-20-16(18)13-7-5-8-14(11-13)17(19)21-15-9-4-6-12(2)10-15/h4-11H,3H2,1-2H3. The van der Waals surface area contributed by atoms with Gasteiger partial charge in [-0.1, -0.05) is 18.2 Å². The number of rotatable bonds is 4. The normalized spacial score (nSPS) is 10.0. The van der Waals surface area contributed by atoms with Gasteiger partial charge in [-0.2, -0.15) is 0 Å². The minimum Gasteiger partial charge on any atom is -0.462 e. The molecule has 2 rings (SSSR count). The van der Waals surface area contributed by atoms with Gasteiger partial charge in [0.05, 0.1) is 17.7 Å². The van der Waals surface area contributed by atoms with Gasteiger partial charge in [0.25, 0.3) is 0 Å². The van der Waals surface area contributed by atoms with Crippen LogP contribution in [0.2, 0.25) is 0 Å². The molecule has 0 saturated heterocycles. The Bertz CT molecular complexity index is 661. The maximum absolute atomic E-state index is 12.1. The third-order valence-corrected chi connectivity index (χ3v) is 2.81. The summed E-state index contributed by atoms with van der Waals surface area (Å²) in [7, 11) is 0. The molecule has 0 heterocycles. The first-order valence-electron chi connectivity index (χ1n) is 6.66. The van der Waals surface area contributed by atoms with Gasteiger partial charge in [-0.15, -0.1) is 0 Å². The monoisotopic (exact) mass is 284 g/mol. The lowest BCUT2D eigenvalue weighted by atomic mass is 10.1. The third-order valence-electron chi connectivity index (χ3n) is 2.81. The van der Waals surface area contributed by atoms with Crippen LogP contribution in [0.15, 0.2) is 48.5 Å². The van der Waals surface area contributed by atoms with Crippen molar-refractivity contribution in [1.82, 2.24) is 0 Å². The van der Waals surface area contributed by atoms with Crippen LogP contribution in [0, 0.1) is 6.92 Å². The molecule has 108 valence electrons. The number of esters is 2. The number of hydrogen-bond acceptors (Lipinski definition) is 4. The van der Waals surface area contributed by atoms with E-state index in [0.29, 0.717) is 16.9 Å². The number of ether oxygens (including phenoxy) is 2. The van der Waals surface area contributed by atoms with E-state index >= 15 is 0 Å². The Kier molecular flexibility index (Phi) is 4.72. The number of hydrogen-bond donors (Lipinski definition) is 0. The van der Waals surface area contributed by atoms with Crippen molar-refractivity contribution in [2.45, 2.75) is 13.8 Å². The quantitative estimate of drug-likeness (QED) is 0.638. The van der Waals surface area contributed by atoms with Crippen molar-refractivity contribution >= 4 is 11.9 Å². The highest BCUT2D eigenvalue weighted by atomic mass is 16.5. The van der Waals surface area contributed by atoms with E-state index in [1.54, 1.807) is 37.3 Å². The van der Waals surface area contributed by atoms with Crippen LogP contribution < -0.4 is 4.74 Å². The molecule has 0 N–H and O–H groups in total. The van der Waals surface area contributed by atoms with E-state index in [4.69, 9.17) is 9.47 Å². The van der Waals surface area contributed by atoms with E-state index in [1.165, 1.54) is 6.07 Å². The molecule has 0 saturated carbocycles. The zero-order valence-electron chi connectivity index (χ0n) is 12.0. The molecule has 4 heteroatoms. The van der Waals surface area contributed by atoms with E-state index in [-0.39, 0.29) is 6.61 Å². The Balaban J connectivity index is 2.16. The molecule has 2 aromatic carbocycles. The molecule has 0 aliphatic heterocycles. The predicted octanol–water partition coefficient (Wildman–Crippen LogP) is 3.39. The highest BCUT2D eigenvalue weighted by molar-refractivity contribution is 5.96. The molecule has 0 atom stereocenters. The fourth-order valence-corrected chi connectivity index (χ4v) is 1.83. The molecule has 0 aliphatic rings. The summed E-state index contributed by atoms with van der Waals surface area (Å²) in [6, 6.07) is 13.5. The number of aryl methyl sites for hydroxylation is 1. The van der Waals surface area contributed by atoms with Crippen molar-refractivity contribution < 1.29 is 19.1 Å². The molecule has 0 aromatic heterocycles. The summed E-state index contributed by atoms with van der Waals surface area (Å²) in [5, 5.41) is 0. The molecule has 0 amide bonds. The molecule has 21 heavy (non-hydrogen) atoms. The Morgan fingerprint density at radius 3 is 2.29 bits per heavy atom. The van der Waals surface area contributed by atoms with Crippen molar-refractivity contribution in [3.05, 3.63) is 65.2 Å². The molecule has 2 aromatic rings. The van der Waals surface area contributed by atoms with Crippen LogP contribution in [0.25, 0.3) is 0 Å². The van der Waals surface area contributed by atoms with Crippen molar-refractivity contribution in [3.8, 4) is 5.75 Å². The average Bonchev–Trinajstić information content (AvgIpc) is 2.47. The number of carbonyl (C=O) groups is 2. The van der Waals surface area contributed by atoms with Crippen LogP contribution >= 0.6 is 0 Å². The Hall–Kier alpha value is -2.62. The van der Waals surface area contributed by atoms with Gasteiger partial charge in [0, 0.05) is 0 Å². The minimum absolute atomic E-state index is 0.288. The molecule has 0 radical (unpaired) electrons. The average molecular weight is 284 g/mol. The van der Waals surface area contributed by atoms with Crippen LogP contribution in [-0.2, 0) is 4.74 Å². The van der Waals surface area contributed by atoms with Crippen molar-refractivity contribution in [3.63, 3.8) is 0 Å². The first kappa shape index (κ1) is 14.8. The fourth-order valence-electron chi connectivity index (χ4n) is 1.83. The van der Waals surface area contributed by atoms with Crippen LogP contribution in [0.3, 0.4) is 0 Å². The highest BCUT2D eigenvalue weighted by Crippen LogP contribution is 2.15. The first-order valence-corrected chi connectivity index (χ1v) is 6.66. The molecule has 0 spiro atoms. The second-order valence-electron chi connectivity index (χ2n) is 4.51. The van der Waals surface area contributed by atoms with Gasteiger partial charge < -0.3 is 9.47 Å². The summed E-state index contributed by atoms with van der Waals surface area (Å²) in [5.74, 6) is -0.490. The largest absolute Gasteiger partial charge is 0.462 e. The maximum Gasteiger partial charge on any atom is 0.343 e. The fraction of sp³-hybridized carbons (Fsp3) is 0.176. The summed E-state index contributed by atoms with van der Waals surface area (Å²) < 4.78 is 10.2. The third kappa shape index (κ3) is 3.92. The van der Waals surface area contributed by atoms with Gasteiger partial charge in [-0.25, -0.2) is 9.59 Å². The van der Waals surface area contributed by atoms with Crippen molar-refractivity contribution in [1.29, 1.82) is 0 Å². The number of carbonyl (C=O) groups excluding carboxylic acids is 2. The van der Waals surface area contributed by atoms with E-state index in [0.717, 1.165) is 5.56 Å². The van der Waals surface area contributed by atoms with E-state index in [9.17, 15) is 9.59 Å². The summed E-state index contributed by atoms with van der Waals surface area (Å²) in [6.07, 6.45) is 0. The lowest BCUT2D eigenvalue weighted by Crippen LogP contribution is -2.11. The van der Waals surface area contributed by atoms with E-state index < -0.39 is 11.9 Å². The van der Waals surface area contributed by atoms with E-state index in [1.807, 2.05) is 19.1 Å². The van der Waals surface area contributed by atoms with Crippen molar-refractivity contribution in [2.75, 3.05) is 6.61 Å². The van der Waals surface area contributed by atoms with Crippen molar-refractivity contribution in [2.24, 2.45) is 0 Å². The van der Waals surface area contributed by atoms with E-state index in [2.05, 4.69) is 0 Å². The summed E-state index contributed by atoms with van der Waals surface area (Å²) in [4.78, 5) is 23.7. The molecule has 4 nitrogen and oxygen atoms in total.